The second-order valence-corrected chi connectivity index (χ2v) is 4.29. The molecule has 5 heteroatoms. The Morgan fingerprint density at radius 2 is 2.00 bits per heavy atom. The number of nitrogens with two attached hydrogens (primary N) is 1. The minimum absolute atomic E-state index is 0.145. The van der Waals surface area contributed by atoms with Crippen LogP contribution in [0.4, 0.5) is 0 Å². The molecule has 0 aromatic heterocycles. The van der Waals surface area contributed by atoms with Gasteiger partial charge in [0.15, 0.2) is 0 Å². The number of carbonyl (C=O) groups excluding carboxylic acids is 2. The van der Waals surface area contributed by atoms with Gasteiger partial charge in [0.25, 0.3) is 0 Å². The number of nitriles is 1. The van der Waals surface area contributed by atoms with E-state index in [-0.39, 0.29) is 18.5 Å². The van der Waals surface area contributed by atoms with Crippen molar-refractivity contribution >= 4 is 11.8 Å². The first-order valence-corrected chi connectivity index (χ1v) is 5.29. The fraction of sp³-hybridized carbons (Fsp3) is 0.727. The van der Waals surface area contributed by atoms with Gasteiger partial charge in [-0.2, -0.15) is 5.26 Å². The number of hydrogen-bond acceptors (Lipinski definition) is 3. The smallest absolute Gasteiger partial charge is 0.243 e. The third-order valence-corrected chi connectivity index (χ3v) is 2.64. The molecule has 0 aromatic carbocycles. The maximum Gasteiger partial charge on any atom is 0.243 e. The van der Waals surface area contributed by atoms with Crippen molar-refractivity contribution < 1.29 is 9.59 Å². The van der Waals surface area contributed by atoms with E-state index in [0.717, 1.165) is 0 Å². The van der Waals surface area contributed by atoms with Crippen molar-refractivity contribution in [3.8, 4) is 6.07 Å². The predicted octanol–water partition coefficient (Wildman–Crippen LogP) is 0.649. The van der Waals surface area contributed by atoms with Crippen LogP contribution in [0.1, 0.15) is 34.1 Å². The molecule has 0 fully saturated rings. The summed E-state index contributed by atoms with van der Waals surface area (Å²) in [7, 11) is 0. The number of primary amides is 1. The molecule has 0 saturated carbocycles. The molecule has 0 saturated heterocycles. The highest BCUT2D eigenvalue weighted by atomic mass is 16.2. The molecule has 0 radical (unpaired) electrons. The molecule has 90 valence electrons. The van der Waals surface area contributed by atoms with Crippen LogP contribution in [-0.2, 0) is 9.59 Å². The van der Waals surface area contributed by atoms with E-state index >= 15 is 0 Å². The van der Waals surface area contributed by atoms with E-state index < -0.39 is 11.3 Å². The third kappa shape index (κ3) is 3.23. The molecule has 2 amide bonds. The number of rotatable bonds is 5. The zero-order chi connectivity index (χ0) is 12.9. The van der Waals surface area contributed by atoms with E-state index in [4.69, 9.17) is 11.0 Å². The molecule has 1 unspecified atom stereocenters. The second kappa shape index (κ2) is 5.50. The Hall–Kier alpha value is -1.57. The molecule has 2 N–H and O–H groups in total. The van der Waals surface area contributed by atoms with E-state index in [1.807, 2.05) is 6.07 Å². The van der Waals surface area contributed by atoms with Crippen LogP contribution in [-0.4, -0.2) is 29.3 Å². The van der Waals surface area contributed by atoms with Crippen LogP contribution in [0.15, 0.2) is 0 Å². The largest absolute Gasteiger partial charge is 0.368 e. The van der Waals surface area contributed by atoms with Gasteiger partial charge in [-0.15, -0.1) is 0 Å². The van der Waals surface area contributed by atoms with Gasteiger partial charge in [-0.05, 0) is 27.2 Å². The second-order valence-electron chi connectivity index (χ2n) is 4.29. The van der Waals surface area contributed by atoms with Crippen LogP contribution in [0.5, 0.6) is 0 Å². The fourth-order valence-electron chi connectivity index (χ4n) is 1.25. The SMILES string of the molecule is CCC(C)(C#N)C(=O)N(CC(N)=O)C(C)C. The maximum atomic E-state index is 12.1. The van der Waals surface area contributed by atoms with Crippen molar-refractivity contribution in [2.45, 2.75) is 40.2 Å². The van der Waals surface area contributed by atoms with Gasteiger partial charge in [0, 0.05) is 6.04 Å². The molecule has 0 aromatic rings. The molecule has 0 aliphatic carbocycles. The summed E-state index contributed by atoms with van der Waals surface area (Å²) in [6.45, 7) is 6.77. The summed E-state index contributed by atoms with van der Waals surface area (Å²) < 4.78 is 0. The maximum absolute atomic E-state index is 12.1. The zero-order valence-corrected chi connectivity index (χ0v) is 10.3. The Morgan fingerprint density at radius 3 is 2.25 bits per heavy atom. The molecule has 0 rings (SSSR count). The molecular formula is C11H19N3O2. The average Bonchev–Trinajstić information content (AvgIpc) is 2.23. The summed E-state index contributed by atoms with van der Waals surface area (Å²) in [4.78, 5) is 24.3. The van der Waals surface area contributed by atoms with Gasteiger partial charge >= 0.3 is 0 Å². The van der Waals surface area contributed by atoms with Crippen molar-refractivity contribution in [1.29, 1.82) is 5.26 Å². The van der Waals surface area contributed by atoms with E-state index in [9.17, 15) is 9.59 Å². The molecule has 0 bridgehead atoms. The highest BCUT2D eigenvalue weighted by molar-refractivity contribution is 5.89. The van der Waals surface area contributed by atoms with E-state index in [1.165, 1.54) is 4.90 Å². The number of nitrogens with zero attached hydrogens (tertiary/aromatic N) is 2. The van der Waals surface area contributed by atoms with Crippen LogP contribution in [0.2, 0.25) is 0 Å². The van der Waals surface area contributed by atoms with Gasteiger partial charge in [-0.25, -0.2) is 0 Å². The molecule has 0 heterocycles. The van der Waals surface area contributed by atoms with Crippen molar-refractivity contribution in [2.75, 3.05) is 6.54 Å². The normalized spacial score (nSPS) is 14.0. The summed E-state index contributed by atoms with van der Waals surface area (Å²) in [5.41, 5.74) is 4.00. The lowest BCUT2D eigenvalue weighted by atomic mass is 9.87. The van der Waals surface area contributed by atoms with Crippen LogP contribution in [0.25, 0.3) is 0 Å². The molecule has 0 aliphatic rings. The molecular weight excluding hydrogens is 206 g/mol. The number of carbonyl (C=O) groups is 2. The molecule has 0 spiro atoms. The van der Waals surface area contributed by atoms with Gasteiger partial charge < -0.3 is 10.6 Å². The topological polar surface area (TPSA) is 87.2 Å². The lowest BCUT2D eigenvalue weighted by Crippen LogP contribution is -2.48. The monoisotopic (exact) mass is 225 g/mol. The van der Waals surface area contributed by atoms with Crippen LogP contribution in [0.3, 0.4) is 0 Å². The number of amides is 2. The summed E-state index contributed by atoms with van der Waals surface area (Å²) in [5.74, 6) is -0.912. The Labute approximate surface area is 96.2 Å². The lowest BCUT2D eigenvalue weighted by Gasteiger charge is -2.31. The highest BCUT2D eigenvalue weighted by Crippen LogP contribution is 2.23. The average molecular weight is 225 g/mol. The summed E-state index contributed by atoms with van der Waals surface area (Å²) in [6, 6.07) is 1.84. The van der Waals surface area contributed by atoms with Gasteiger partial charge in [0.1, 0.15) is 5.41 Å². The standard InChI is InChI=1S/C11H19N3O2/c1-5-11(4,7-12)10(16)14(8(2)3)6-9(13)15/h8H,5-6H2,1-4H3,(H2,13,15). The highest BCUT2D eigenvalue weighted by Gasteiger charge is 2.36. The van der Waals surface area contributed by atoms with Gasteiger partial charge in [0.05, 0.1) is 12.6 Å². The van der Waals surface area contributed by atoms with E-state index in [2.05, 4.69) is 0 Å². The summed E-state index contributed by atoms with van der Waals surface area (Å²) in [5, 5.41) is 9.01. The first kappa shape index (κ1) is 14.4. The number of hydrogen-bond donors (Lipinski definition) is 1. The van der Waals surface area contributed by atoms with Crippen molar-refractivity contribution in [3.63, 3.8) is 0 Å². The van der Waals surface area contributed by atoms with E-state index in [1.54, 1.807) is 27.7 Å². The first-order valence-electron chi connectivity index (χ1n) is 5.29. The Kier molecular flexibility index (Phi) is 4.96. The Morgan fingerprint density at radius 1 is 1.50 bits per heavy atom. The van der Waals surface area contributed by atoms with Crippen LogP contribution in [0, 0.1) is 16.7 Å². The summed E-state index contributed by atoms with van der Waals surface area (Å²) >= 11 is 0. The van der Waals surface area contributed by atoms with Crippen molar-refractivity contribution in [1.82, 2.24) is 4.90 Å². The van der Waals surface area contributed by atoms with Crippen molar-refractivity contribution in [2.24, 2.45) is 11.1 Å². The first-order chi connectivity index (χ1) is 7.28. The van der Waals surface area contributed by atoms with E-state index in [0.29, 0.717) is 6.42 Å². The van der Waals surface area contributed by atoms with Gasteiger partial charge in [-0.3, -0.25) is 9.59 Å². The van der Waals surface area contributed by atoms with Gasteiger partial charge in [-0.1, -0.05) is 6.92 Å². The zero-order valence-electron chi connectivity index (χ0n) is 10.3. The van der Waals surface area contributed by atoms with Crippen LogP contribution < -0.4 is 5.73 Å². The molecule has 5 nitrogen and oxygen atoms in total. The fourth-order valence-corrected chi connectivity index (χ4v) is 1.25. The summed E-state index contributed by atoms with van der Waals surface area (Å²) in [6.07, 6.45) is 0.407. The molecule has 16 heavy (non-hydrogen) atoms. The molecule has 1 atom stereocenters. The quantitative estimate of drug-likeness (QED) is 0.745. The Balaban J connectivity index is 5.03. The van der Waals surface area contributed by atoms with Crippen LogP contribution >= 0.6 is 0 Å². The minimum Gasteiger partial charge on any atom is -0.368 e. The minimum atomic E-state index is -1.08. The third-order valence-electron chi connectivity index (χ3n) is 2.64. The predicted molar refractivity (Wildman–Crippen MR) is 60.1 cm³/mol. The van der Waals surface area contributed by atoms with Crippen molar-refractivity contribution in [3.05, 3.63) is 0 Å². The lowest BCUT2D eigenvalue weighted by molar-refractivity contribution is -0.143. The molecule has 0 aliphatic heterocycles. The Bertz CT molecular complexity index is 320. The van der Waals surface area contributed by atoms with Gasteiger partial charge in [0.2, 0.25) is 11.8 Å².